The predicted molar refractivity (Wildman–Crippen MR) is 68.0 cm³/mol. The molecule has 1 aliphatic heterocycles. The summed E-state index contributed by atoms with van der Waals surface area (Å²) < 4.78 is 4.79. The zero-order valence-corrected chi connectivity index (χ0v) is 10.6. The van der Waals surface area contributed by atoms with Gasteiger partial charge in [0, 0.05) is 19.1 Å². The van der Waals surface area contributed by atoms with Crippen LogP contribution >= 0.6 is 0 Å². The fourth-order valence-corrected chi connectivity index (χ4v) is 2.40. The first kappa shape index (κ1) is 12.0. The van der Waals surface area contributed by atoms with Gasteiger partial charge < -0.3 is 9.84 Å². The molecular weight excluding hydrogens is 242 g/mol. The summed E-state index contributed by atoms with van der Waals surface area (Å²) in [5.41, 5.74) is 1.41. The topological polar surface area (TPSA) is 70.2 Å². The minimum atomic E-state index is 0.0816. The maximum absolute atomic E-state index is 7.37. The lowest BCUT2D eigenvalue weighted by molar-refractivity contribution is -0.764. The molecule has 6 nitrogen and oxygen atoms in total. The zero-order chi connectivity index (χ0) is 13.1. The van der Waals surface area contributed by atoms with Gasteiger partial charge in [-0.25, -0.2) is 0 Å². The monoisotopic (exact) mass is 259 g/mol. The number of nitrogens with one attached hydrogen (secondary N) is 2. The molecule has 2 aromatic rings. The first-order chi connectivity index (χ1) is 9.31. The van der Waals surface area contributed by atoms with Gasteiger partial charge in [0.05, 0.1) is 0 Å². The maximum Gasteiger partial charge on any atom is 0.286 e. The number of aromatic nitrogens is 2. The molecule has 0 amide bonds. The SMILES string of the molecule is N=c1c[n+](N2CCNC(Cc3ccccc3)C2)[n-]o1. The van der Waals surface area contributed by atoms with Crippen LogP contribution in [0.1, 0.15) is 5.56 Å². The van der Waals surface area contributed by atoms with Crippen LogP contribution in [-0.2, 0) is 6.42 Å². The summed E-state index contributed by atoms with van der Waals surface area (Å²) in [6, 6.07) is 10.8. The van der Waals surface area contributed by atoms with Gasteiger partial charge in [-0.05, 0) is 23.8 Å². The fraction of sp³-hybridized carbons (Fsp3) is 0.385. The largest absolute Gasteiger partial charge is 0.380 e. The number of piperazine rings is 1. The van der Waals surface area contributed by atoms with Crippen molar-refractivity contribution in [1.82, 2.24) is 10.6 Å². The van der Waals surface area contributed by atoms with E-state index in [1.807, 2.05) is 6.07 Å². The Balaban J connectivity index is 1.66. The van der Waals surface area contributed by atoms with E-state index < -0.39 is 0 Å². The predicted octanol–water partition coefficient (Wildman–Crippen LogP) is -0.844. The van der Waals surface area contributed by atoms with Crippen molar-refractivity contribution in [1.29, 1.82) is 5.41 Å². The fourth-order valence-electron chi connectivity index (χ4n) is 2.40. The molecular formula is C13H17N5O. The molecule has 1 aliphatic rings. The molecule has 0 spiro atoms. The smallest absolute Gasteiger partial charge is 0.286 e. The minimum absolute atomic E-state index is 0.0816. The third-order valence-electron chi connectivity index (χ3n) is 3.30. The van der Waals surface area contributed by atoms with Gasteiger partial charge in [-0.2, -0.15) is 0 Å². The van der Waals surface area contributed by atoms with E-state index in [-0.39, 0.29) is 5.55 Å². The van der Waals surface area contributed by atoms with Crippen LogP contribution in [0.3, 0.4) is 0 Å². The molecule has 1 unspecified atom stereocenters. The third kappa shape index (κ3) is 2.85. The summed E-state index contributed by atoms with van der Waals surface area (Å²) in [6.45, 7) is 2.62. The lowest BCUT2D eigenvalue weighted by Gasteiger charge is -2.34. The quantitative estimate of drug-likeness (QED) is 0.705. The van der Waals surface area contributed by atoms with Crippen molar-refractivity contribution in [3.8, 4) is 0 Å². The molecule has 0 aliphatic carbocycles. The van der Waals surface area contributed by atoms with Crippen molar-refractivity contribution >= 4 is 0 Å². The van der Waals surface area contributed by atoms with Crippen molar-refractivity contribution in [3.05, 3.63) is 47.6 Å². The van der Waals surface area contributed by atoms with Gasteiger partial charge in [0.1, 0.15) is 0 Å². The summed E-state index contributed by atoms with van der Waals surface area (Å²) >= 11 is 0. The molecule has 100 valence electrons. The van der Waals surface area contributed by atoms with E-state index in [2.05, 4.69) is 39.9 Å². The Morgan fingerprint density at radius 1 is 1.42 bits per heavy atom. The van der Waals surface area contributed by atoms with Gasteiger partial charge >= 0.3 is 0 Å². The summed E-state index contributed by atoms with van der Waals surface area (Å²) in [7, 11) is 0. The van der Waals surface area contributed by atoms with Crippen LogP contribution in [-0.4, -0.2) is 25.7 Å². The number of nitrogens with zero attached hydrogens (tertiary/aromatic N) is 3. The molecule has 3 rings (SSSR count). The number of rotatable bonds is 3. The van der Waals surface area contributed by atoms with Crippen molar-refractivity contribution in [2.24, 2.45) is 0 Å². The summed E-state index contributed by atoms with van der Waals surface area (Å²) in [5.74, 6) is 0. The van der Waals surface area contributed by atoms with Crippen LogP contribution < -0.4 is 25.9 Å². The van der Waals surface area contributed by atoms with Crippen molar-refractivity contribution in [3.63, 3.8) is 0 Å². The average Bonchev–Trinajstić information content (AvgIpc) is 2.87. The summed E-state index contributed by atoms with van der Waals surface area (Å²) in [5, 5.41) is 16.8. The molecule has 2 heterocycles. The second-order valence-electron chi connectivity index (χ2n) is 4.74. The standard InChI is InChI=1S/C13H17N5O/c14-13-10-18(16-19-13)17-7-6-15-12(9-17)8-11-4-2-1-3-5-11/h1-5,10,12,14-15H,6-9H2. The van der Waals surface area contributed by atoms with Gasteiger partial charge in [-0.3, -0.25) is 10.4 Å². The highest BCUT2D eigenvalue weighted by Gasteiger charge is 2.20. The molecule has 2 N–H and O–H groups in total. The average molecular weight is 259 g/mol. The second-order valence-corrected chi connectivity index (χ2v) is 4.74. The minimum Gasteiger partial charge on any atom is -0.380 e. The molecule has 1 aromatic heterocycles. The van der Waals surface area contributed by atoms with E-state index in [4.69, 9.17) is 9.93 Å². The molecule has 1 atom stereocenters. The van der Waals surface area contributed by atoms with E-state index in [0.29, 0.717) is 6.04 Å². The number of benzene rings is 1. The first-order valence-corrected chi connectivity index (χ1v) is 6.44. The molecule has 1 saturated heterocycles. The highest BCUT2D eigenvalue weighted by Crippen LogP contribution is 2.05. The highest BCUT2D eigenvalue weighted by molar-refractivity contribution is 5.16. The molecule has 0 bridgehead atoms. The Morgan fingerprint density at radius 3 is 3.00 bits per heavy atom. The van der Waals surface area contributed by atoms with Crippen LogP contribution in [0.25, 0.3) is 0 Å². The zero-order valence-electron chi connectivity index (χ0n) is 10.6. The first-order valence-electron chi connectivity index (χ1n) is 6.44. The van der Waals surface area contributed by atoms with E-state index in [9.17, 15) is 0 Å². The van der Waals surface area contributed by atoms with Gasteiger partial charge in [0.2, 0.25) is 0 Å². The Morgan fingerprint density at radius 2 is 2.26 bits per heavy atom. The number of hydrogen-bond donors (Lipinski definition) is 2. The van der Waals surface area contributed by atoms with Crippen LogP contribution in [0.15, 0.2) is 41.1 Å². The molecule has 0 saturated carbocycles. The van der Waals surface area contributed by atoms with Gasteiger partial charge in [-0.15, -0.1) is 0 Å². The highest BCUT2D eigenvalue weighted by atomic mass is 16.5. The second kappa shape index (κ2) is 5.27. The van der Waals surface area contributed by atoms with Gasteiger partial charge in [0.25, 0.3) is 11.8 Å². The van der Waals surface area contributed by atoms with E-state index in [0.717, 1.165) is 26.1 Å². The van der Waals surface area contributed by atoms with E-state index in [1.54, 1.807) is 11.0 Å². The lowest BCUT2D eigenvalue weighted by Crippen LogP contribution is -2.68. The Kier molecular flexibility index (Phi) is 3.33. The van der Waals surface area contributed by atoms with Crippen molar-refractivity contribution < 1.29 is 9.31 Å². The Bertz CT molecular complexity index is 576. The maximum atomic E-state index is 7.37. The van der Waals surface area contributed by atoms with Gasteiger partial charge in [-0.1, -0.05) is 35.1 Å². The van der Waals surface area contributed by atoms with Crippen molar-refractivity contribution in [2.45, 2.75) is 12.5 Å². The van der Waals surface area contributed by atoms with Crippen LogP contribution in [0.2, 0.25) is 0 Å². The van der Waals surface area contributed by atoms with Crippen LogP contribution in [0, 0.1) is 5.41 Å². The van der Waals surface area contributed by atoms with E-state index >= 15 is 0 Å². The van der Waals surface area contributed by atoms with Crippen molar-refractivity contribution in [2.75, 3.05) is 24.6 Å². The van der Waals surface area contributed by atoms with Gasteiger partial charge in [0.15, 0.2) is 0 Å². The molecule has 19 heavy (non-hydrogen) atoms. The Hall–Kier alpha value is -2.08. The van der Waals surface area contributed by atoms with E-state index in [1.165, 1.54) is 5.56 Å². The van der Waals surface area contributed by atoms with Crippen LogP contribution in [0.5, 0.6) is 0 Å². The molecule has 1 aromatic carbocycles. The number of hydrogen-bond acceptors (Lipinski definition) is 4. The molecule has 1 fully saturated rings. The van der Waals surface area contributed by atoms with Crippen LogP contribution in [0.4, 0.5) is 0 Å². The normalized spacial score (nSPS) is 19.6. The summed E-state index contributed by atoms with van der Waals surface area (Å²) in [4.78, 5) is 1.63. The Labute approximate surface area is 111 Å². The molecule has 0 radical (unpaired) electrons. The summed E-state index contributed by atoms with van der Waals surface area (Å²) in [6.07, 6.45) is 2.58. The lowest BCUT2D eigenvalue weighted by atomic mass is 10.0. The third-order valence-corrected chi connectivity index (χ3v) is 3.30. The molecule has 6 heteroatoms.